The second-order valence-corrected chi connectivity index (χ2v) is 4.07. The number of rotatable bonds is 3. The molecular formula is C12H10ClF2NO. The van der Waals surface area contributed by atoms with Gasteiger partial charge in [-0.25, -0.2) is 8.78 Å². The molecule has 1 unspecified atom stereocenters. The summed E-state index contributed by atoms with van der Waals surface area (Å²) >= 11 is 5.77. The fourth-order valence-corrected chi connectivity index (χ4v) is 1.75. The molecule has 0 spiro atoms. The topological polar surface area (TPSA) is 25.2 Å². The van der Waals surface area contributed by atoms with Crippen LogP contribution >= 0.6 is 11.6 Å². The monoisotopic (exact) mass is 257 g/mol. The lowest BCUT2D eigenvalue weighted by Crippen LogP contribution is -2.07. The molecule has 0 aliphatic rings. The van der Waals surface area contributed by atoms with Crippen LogP contribution in [-0.2, 0) is 0 Å². The quantitative estimate of drug-likeness (QED) is 0.882. The van der Waals surface area contributed by atoms with Gasteiger partial charge < -0.3 is 9.73 Å². The molecule has 0 bridgehead atoms. The Morgan fingerprint density at radius 1 is 1.35 bits per heavy atom. The number of nitrogens with one attached hydrogen (secondary N) is 1. The summed E-state index contributed by atoms with van der Waals surface area (Å²) in [5, 5.41) is 2.89. The van der Waals surface area contributed by atoms with E-state index in [4.69, 9.17) is 16.0 Å². The fourth-order valence-electron chi connectivity index (χ4n) is 1.50. The molecule has 17 heavy (non-hydrogen) atoms. The SMILES string of the molecule is CC(Nc1c(F)cc(F)cc1Cl)c1ccoc1. The second kappa shape index (κ2) is 4.75. The lowest BCUT2D eigenvalue weighted by molar-refractivity contribution is 0.561. The molecule has 0 aliphatic heterocycles. The Balaban J connectivity index is 2.25. The maximum Gasteiger partial charge on any atom is 0.150 e. The summed E-state index contributed by atoms with van der Waals surface area (Å²) in [5.74, 6) is -1.42. The molecule has 0 radical (unpaired) electrons. The van der Waals surface area contributed by atoms with E-state index in [0.717, 1.165) is 17.7 Å². The van der Waals surface area contributed by atoms with Gasteiger partial charge in [-0.15, -0.1) is 0 Å². The molecule has 1 atom stereocenters. The molecule has 5 heteroatoms. The predicted molar refractivity (Wildman–Crippen MR) is 62.1 cm³/mol. The van der Waals surface area contributed by atoms with Crippen molar-refractivity contribution >= 4 is 17.3 Å². The number of hydrogen-bond acceptors (Lipinski definition) is 2. The summed E-state index contributed by atoms with van der Waals surface area (Å²) in [6.45, 7) is 1.82. The Hall–Kier alpha value is -1.55. The lowest BCUT2D eigenvalue weighted by Gasteiger charge is -2.15. The number of hydrogen-bond donors (Lipinski definition) is 1. The van der Waals surface area contributed by atoms with Gasteiger partial charge in [-0.05, 0) is 19.1 Å². The van der Waals surface area contributed by atoms with Crippen molar-refractivity contribution in [1.82, 2.24) is 0 Å². The predicted octanol–water partition coefficient (Wildman–Crippen LogP) is 4.38. The van der Waals surface area contributed by atoms with Crippen molar-refractivity contribution < 1.29 is 13.2 Å². The van der Waals surface area contributed by atoms with Gasteiger partial charge in [-0.1, -0.05) is 11.6 Å². The first-order valence-corrected chi connectivity index (χ1v) is 5.39. The van der Waals surface area contributed by atoms with Crippen LogP contribution in [0.3, 0.4) is 0 Å². The lowest BCUT2D eigenvalue weighted by atomic mass is 10.1. The summed E-state index contributed by atoms with van der Waals surface area (Å²) < 4.78 is 31.3. The van der Waals surface area contributed by atoms with Crippen molar-refractivity contribution in [2.45, 2.75) is 13.0 Å². The van der Waals surface area contributed by atoms with Crippen molar-refractivity contribution in [2.24, 2.45) is 0 Å². The maximum absolute atomic E-state index is 13.5. The zero-order valence-electron chi connectivity index (χ0n) is 9.01. The maximum atomic E-state index is 13.5. The van der Waals surface area contributed by atoms with Crippen LogP contribution in [0.4, 0.5) is 14.5 Å². The van der Waals surface area contributed by atoms with Gasteiger partial charge >= 0.3 is 0 Å². The molecular weight excluding hydrogens is 248 g/mol. The van der Waals surface area contributed by atoms with Gasteiger partial charge in [0.15, 0.2) is 5.82 Å². The van der Waals surface area contributed by atoms with Crippen molar-refractivity contribution in [3.05, 3.63) is 52.9 Å². The van der Waals surface area contributed by atoms with Crippen LogP contribution in [0.1, 0.15) is 18.5 Å². The molecule has 1 aromatic heterocycles. The molecule has 1 heterocycles. The molecule has 2 rings (SSSR count). The summed E-state index contributed by atoms with van der Waals surface area (Å²) in [7, 11) is 0. The van der Waals surface area contributed by atoms with Crippen molar-refractivity contribution in [2.75, 3.05) is 5.32 Å². The number of benzene rings is 1. The molecule has 90 valence electrons. The molecule has 0 saturated carbocycles. The highest BCUT2D eigenvalue weighted by Crippen LogP contribution is 2.29. The Morgan fingerprint density at radius 2 is 2.12 bits per heavy atom. The van der Waals surface area contributed by atoms with Crippen LogP contribution in [0.25, 0.3) is 0 Å². The van der Waals surface area contributed by atoms with Gasteiger partial charge in [0.05, 0.1) is 29.3 Å². The molecule has 0 saturated heterocycles. The first kappa shape index (κ1) is 11.9. The summed E-state index contributed by atoms with van der Waals surface area (Å²) in [4.78, 5) is 0. The van der Waals surface area contributed by atoms with Gasteiger partial charge in [-0.2, -0.15) is 0 Å². The average molecular weight is 258 g/mol. The summed E-state index contributed by atoms with van der Waals surface area (Å²) in [5.41, 5.74) is 0.937. The molecule has 0 amide bonds. The molecule has 2 aromatic rings. The van der Waals surface area contributed by atoms with Gasteiger partial charge in [0.25, 0.3) is 0 Å². The zero-order valence-corrected chi connectivity index (χ0v) is 9.76. The minimum Gasteiger partial charge on any atom is -0.472 e. The fraction of sp³-hybridized carbons (Fsp3) is 0.167. The largest absolute Gasteiger partial charge is 0.472 e. The van der Waals surface area contributed by atoms with E-state index in [1.807, 2.05) is 6.92 Å². The highest BCUT2D eigenvalue weighted by atomic mass is 35.5. The van der Waals surface area contributed by atoms with Crippen LogP contribution in [-0.4, -0.2) is 0 Å². The molecule has 1 N–H and O–H groups in total. The van der Waals surface area contributed by atoms with E-state index in [1.165, 1.54) is 6.26 Å². The Morgan fingerprint density at radius 3 is 2.71 bits per heavy atom. The van der Waals surface area contributed by atoms with Crippen molar-refractivity contribution in [1.29, 1.82) is 0 Å². The van der Waals surface area contributed by atoms with Crippen molar-refractivity contribution in [3.63, 3.8) is 0 Å². The highest BCUT2D eigenvalue weighted by Gasteiger charge is 2.14. The number of furan rings is 1. The van der Waals surface area contributed by atoms with Gasteiger partial charge in [0, 0.05) is 11.6 Å². The van der Waals surface area contributed by atoms with Crippen LogP contribution in [0.5, 0.6) is 0 Å². The van der Waals surface area contributed by atoms with Crippen LogP contribution in [0.15, 0.2) is 35.1 Å². The van der Waals surface area contributed by atoms with E-state index in [1.54, 1.807) is 12.3 Å². The van der Waals surface area contributed by atoms with E-state index < -0.39 is 11.6 Å². The smallest absolute Gasteiger partial charge is 0.150 e. The Labute approximate surface area is 102 Å². The molecule has 1 aromatic carbocycles. The van der Waals surface area contributed by atoms with Gasteiger partial charge in [0.1, 0.15) is 5.82 Å². The van der Waals surface area contributed by atoms with E-state index >= 15 is 0 Å². The van der Waals surface area contributed by atoms with Crippen LogP contribution < -0.4 is 5.32 Å². The first-order chi connectivity index (χ1) is 8.08. The van der Waals surface area contributed by atoms with Crippen LogP contribution in [0.2, 0.25) is 5.02 Å². The molecule has 0 fully saturated rings. The minimum atomic E-state index is -0.717. The van der Waals surface area contributed by atoms with Crippen molar-refractivity contribution in [3.8, 4) is 0 Å². The summed E-state index contributed by atoms with van der Waals surface area (Å²) in [6.07, 6.45) is 3.07. The van der Waals surface area contributed by atoms with Gasteiger partial charge in [0.2, 0.25) is 0 Å². The van der Waals surface area contributed by atoms with E-state index in [0.29, 0.717) is 0 Å². The van der Waals surface area contributed by atoms with E-state index in [9.17, 15) is 8.78 Å². The number of halogens is 3. The third-order valence-corrected chi connectivity index (χ3v) is 2.71. The van der Waals surface area contributed by atoms with Gasteiger partial charge in [-0.3, -0.25) is 0 Å². The van der Waals surface area contributed by atoms with E-state index in [-0.39, 0.29) is 16.8 Å². The molecule has 2 nitrogen and oxygen atoms in total. The Kier molecular flexibility index (Phi) is 3.33. The average Bonchev–Trinajstić information content (AvgIpc) is 2.76. The summed E-state index contributed by atoms with van der Waals surface area (Å²) in [6, 6.07) is 3.42. The molecule has 0 aliphatic carbocycles. The number of anilines is 1. The standard InChI is InChI=1S/C12H10ClF2NO/c1-7(8-2-3-17-6-8)16-12-10(13)4-9(14)5-11(12)15/h2-7,16H,1H3. The van der Waals surface area contributed by atoms with E-state index in [2.05, 4.69) is 5.32 Å². The Bertz CT molecular complexity index is 490. The third kappa shape index (κ3) is 2.58. The second-order valence-electron chi connectivity index (χ2n) is 3.67. The first-order valence-electron chi connectivity index (χ1n) is 5.01. The zero-order chi connectivity index (χ0) is 12.4. The minimum absolute atomic E-state index is 0.0119. The highest BCUT2D eigenvalue weighted by molar-refractivity contribution is 6.33. The normalized spacial score (nSPS) is 12.5. The van der Waals surface area contributed by atoms with Crippen LogP contribution in [0, 0.1) is 11.6 Å². The third-order valence-electron chi connectivity index (χ3n) is 2.41.